The van der Waals surface area contributed by atoms with E-state index in [1.54, 1.807) is 0 Å². The molecule has 0 unspecified atom stereocenters. The SMILES string of the molecule is C=N/N=C(/C)c1cc(CC)c2ccccc2c1CC. The molecule has 0 aromatic heterocycles. The highest BCUT2D eigenvalue weighted by molar-refractivity contribution is 6.05. The van der Waals surface area contributed by atoms with Gasteiger partial charge in [-0.2, -0.15) is 10.2 Å². The summed E-state index contributed by atoms with van der Waals surface area (Å²) in [5, 5.41) is 10.5. The van der Waals surface area contributed by atoms with E-state index >= 15 is 0 Å². The van der Waals surface area contributed by atoms with Crippen LogP contribution in [0.5, 0.6) is 0 Å². The van der Waals surface area contributed by atoms with E-state index in [1.807, 2.05) is 6.92 Å². The maximum Gasteiger partial charge on any atom is 0.0674 e. The van der Waals surface area contributed by atoms with Crippen LogP contribution in [-0.4, -0.2) is 12.4 Å². The molecule has 0 heterocycles. The first-order valence-corrected chi connectivity index (χ1v) is 6.77. The van der Waals surface area contributed by atoms with Gasteiger partial charge in [-0.25, -0.2) is 0 Å². The Morgan fingerprint density at radius 3 is 2.37 bits per heavy atom. The van der Waals surface area contributed by atoms with Crippen molar-refractivity contribution in [1.82, 2.24) is 0 Å². The number of fused-ring (bicyclic) bond motifs is 1. The standard InChI is InChI=1S/C17H20N2/c1-5-13-11-17(12(3)19-18-4)14(6-2)16-10-8-7-9-15(13)16/h7-11H,4-6H2,1-3H3/b19-12-. The van der Waals surface area contributed by atoms with Crippen LogP contribution in [0.2, 0.25) is 0 Å². The molecule has 0 saturated heterocycles. The van der Waals surface area contributed by atoms with E-state index < -0.39 is 0 Å². The second-order valence-electron chi connectivity index (χ2n) is 4.64. The van der Waals surface area contributed by atoms with Crippen LogP contribution in [0.25, 0.3) is 10.8 Å². The van der Waals surface area contributed by atoms with Gasteiger partial charge in [0.15, 0.2) is 0 Å². The Kier molecular flexibility index (Phi) is 4.10. The van der Waals surface area contributed by atoms with Crippen LogP contribution in [0.4, 0.5) is 0 Å². The van der Waals surface area contributed by atoms with Gasteiger partial charge in [0.25, 0.3) is 0 Å². The number of rotatable bonds is 4. The molecule has 0 saturated carbocycles. The van der Waals surface area contributed by atoms with Crippen molar-refractivity contribution < 1.29 is 0 Å². The average molecular weight is 252 g/mol. The third-order valence-corrected chi connectivity index (χ3v) is 3.59. The lowest BCUT2D eigenvalue weighted by Gasteiger charge is -2.14. The van der Waals surface area contributed by atoms with Crippen molar-refractivity contribution in [2.24, 2.45) is 10.2 Å². The Morgan fingerprint density at radius 1 is 1.11 bits per heavy atom. The van der Waals surface area contributed by atoms with Gasteiger partial charge < -0.3 is 0 Å². The van der Waals surface area contributed by atoms with Crippen molar-refractivity contribution in [3.05, 3.63) is 47.0 Å². The minimum absolute atomic E-state index is 0.937. The molecule has 0 aliphatic carbocycles. The highest BCUT2D eigenvalue weighted by atomic mass is 15.2. The van der Waals surface area contributed by atoms with E-state index in [-0.39, 0.29) is 0 Å². The fraction of sp³-hybridized carbons (Fsp3) is 0.294. The minimum atomic E-state index is 0.937. The van der Waals surface area contributed by atoms with Gasteiger partial charge in [0, 0.05) is 12.3 Å². The Bertz CT molecular complexity index is 639. The second-order valence-corrected chi connectivity index (χ2v) is 4.64. The normalized spacial score (nSPS) is 11.8. The van der Waals surface area contributed by atoms with Gasteiger partial charge in [-0.05, 0) is 47.7 Å². The Hall–Kier alpha value is -1.96. The molecule has 98 valence electrons. The maximum atomic E-state index is 4.12. The highest BCUT2D eigenvalue weighted by Crippen LogP contribution is 2.28. The lowest BCUT2D eigenvalue weighted by atomic mass is 9.90. The smallest absolute Gasteiger partial charge is 0.0674 e. The molecule has 0 bridgehead atoms. The molecule has 0 atom stereocenters. The predicted molar refractivity (Wildman–Crippen MR) is 84.5 cm³/mol. The van der Waals surface area contributed by atoms with E-state index in [2.05, 4.69) is 61.1 Å². The fourth-order valence-electron chi connectivity index (χ4n) is 2.67. The predicted octanol–water partition coefficient (Wildman–Crippen LogP) is 4.39. The molecule has 19 heavy (non-hydrogen) atoms. The number of hydrogen-bond donors (Lipinski definition) is 0. The number of hydrogen-bond acceptors (Lipinski definition) is 2. The monoisotopic (exact) mass is 252 g/mol. The minimum Gasteiger partial charge on any atom is -0.167 e. The molecule has 0 amide bonds. The molecular formula is C17H20N2. The molecule has 0 N–H and O–H groups in total. The molecule has 2 rings (SSSR count). The Morgan fingerprint density at radius 2 is 1.79 bits per heavy atom. The molecule has 0 radical (unpaired) electrons. The van der Waals surface area contributed by atoms with Crippen molar-refractivity contribution in [2.75, 3.05) is 0 Å². The topological polar surface area (TPSA) is 24.7 Å². The van der Waals surface area contributed by atoms with Gasteiger partial charge in [0.2, 0.25) is 0 Å². The van der Waals surface area contributed by atoms with Crippen LogP contribution < -0.4 is 0 Å². The van der Waals surface area contributed by atoms with E-state index in [0.29, 0.717) is 0 Å². The summed E-state index contributed by atoms with van der Waals surface area (Å²) < 4.78 is 0. The summed E-state index contributed by atoms with van der Waals surface area (Å²) in [6, 6.07) is 10.9. The first kappa shape index (κ1) is 13.5. The van der Waals surface area contributed by atoms with Crippen LogP contribution in [0.3, 0.4) is 0 Å². The van der Waals surface area contributed by atoms with Crippen LogP contribution in [-0.2, 0) is 12.8 Å². The Balaban J connectivity index is 2.84. The third kappa shape index (κ3) is 2.43. The summed E-state index contributed by atoms with van der Waals surface area (Å²) in [6.45, 7) is 9.82. The quantitative estimate of drug-likeness (QED) is 0.569. The summed E-state index contributed by atoms with van der Waals surface area (Å²) in [4.78, 5) is 0. The van der Waals surface area contributed by atoms with Gasteiger partial charge in [-0.15, -0.1) is 0 Å². The lowest BCUT2D eigenvalue weighted by molar-refractivity contribution is 1.12. The van der Waals surface area contributed by atoms with Crippen LogP contribution in [0.1, 0.15) is 37.5 Å². The third-order valence-electron chi connectivity index (χ3n) is 3.59. The van der Waals surface area contributed by atoms with Crippen molar-refractivity contribution in [3.63, 3.8) is 0 Å². The van der Waals surface area contributed by atoms with Gasteiger partial charge in [-0.3, -0.25) is 0 Å². The number of aryl methyl sites for hydroxylation is 2. The van der Waals surface area contributed by atoms with Gasteiger partial charge in [-0.1, -0.05) is 38.1 Å². The zero-order chi connectivity index (χ0) is 13.8. The Labute approximate surface area is 114 Å². The molecule has 2 heteroatoms. The van der Waals surface area contributed by atoms with E-state index in [9.17, 15) is 0 Å². The number of benzene rings is 2. The van der Waals surface area contributed by atoms with E-state index in [4.69, 9.17) is 0 Å². The van der Waals surface area contributed by atoms with Crippen molar-refractivity contribution in [2.45, 2.75) is 33.6 Å². The molecule has 0 aliphatic rings. The highest BCUT2D eigenvalue weighted by Gasteiger charge is 2.11. The van der Waals surface area contributed by atoms with Gasteiger partial charge in [0.05, 0.1) is 5.71 Å². The summed E-state index contributed by atoms with van der Waals surface area (Å²) in [5.41, 5.74) is 4.84. The van der Waals surface area contributed by atoms with Crippen molar-refractivity contribution >= 4 is 23.2 Å². The fourth-order valence-corrected chi connectivity index (χ4v) is 2.67. The van der Waals surface area contributed by atoms with Crippen LogP contribution in [0.15, 0.2) is 40.5 Å². The van der Waals surface area contributed by atoms with Crippen molar-refractivity contribution in [1.29, 1.82) is 0 Å². The first-order valence-electron chi connectivity index (χ1n) is 6.77. The average Bonchev–Trinajstić information content (AvgIpc) is 2.45. The molecule has 2 aromatic rings. The molecular weight excluding hydrogens is 232 g/mol. The molecule has 0 aliphatic heterocycles. The van der Waals surface area contributed by atoms with Crippen LogP contribution in [0, 0.1) is 0 Å². The van der Waals surface area contributed by atoms with Gasteiger partial charge in [0.1, 0.15) is 0 Å². The lowest BCUT2D eigenvalue weighted by Crippen LogP contribution is -2.03. The van der Waals surface area contributed by atoms with E-state index in [1.165, 1.54) is 27.5 Å². The second kappa shape index (κ2) is 5.79. The largest absolute Gasteiger partial charge is 0.167 e. The zero-order valence-electron chi connectivity index (χ0n) is 11.9. The first-order chi connectivity index (χ1) is 9.22. The van der Waals surface area contributed by atoms with Gasteiger partial charge >= 0.3 is 0 Å². The summed E-state index contributed by atoms with van der Waals surface area (Å²) >= 11 is 0. The van der Waals surface area contributed by atoms with Crippen LogP contribution >= 0.6 is 0 Å². The summed E-state index contributed by atoms with van der Waals surface area (Å²) in [5.74, 6) is 0. The molecule has 2 nitrogen and oxygen atoms in total. The zero-order valence-corrected chi connectivity index (χ0v) is 11.9. The molecule has 0 fully saturated rings. The summed E-state index contributed by atoms with van der Waals surface area (Å²) in [7, 11) is 0. The number of nitrogens with zero attached hydrogens (tertiary/aromatic N) is 2. The maximum absolute atomic E-state index is 4.12. The van der Waals surface area contributed by atoms with Crippen molar-refractivity contribution in [3.8, 4) is 0 Å². The van der Waals surface area contributed by atoms with E-state index in [0.717, 1.165) is 18.6 Å². The molecule has 0 spiro atoms. The molecule has 2 aromatic carbocycles. The summed E-state index contributed by atoms with van der Waals surface area (Å²) in [6.07, 6.45) is 2.01.